The Bertz CT molecular complexity index is 1090. The fourth-order valence-corrected chi connectivity index (χ4v) is 3.63. The number of benzene rings is 1. The first-order valence-electron chi connectivity index (χ1n) is 9.40. The highest BCUT2D eigenvalue weighted by molar-refractivity contribution is 5.83. The summed E-state index contributed by atoms with van der Waals surface area (Å²) in [4.78, 5) is 4.47. The van der Waals surface area contributed by atoms with Gasteiger partial charge in [0.25, 0.3) is 6.43 Å². The van der Waals surface area contributed by atoms with Gasteiger partial charge < -0.3 is 29.5 Å². The molecule has 1 saturated heterocycles. The standard InChI is InChI=1S/C20H21F2N3O6/c1-29-13-4-3-9(5-14(13)30-2)12-6-10(18(21)22)11-7-23-25(19(11)24-12)20-17(28)16(27)15(8-26)31-20/h3-7,15-18,20,26-28H,8H2,1-2H3/t15-,16-,17-,20-/m1/s1. The number of methoxy groups -OCH3 is 2. The molecule has 3 aromatic rings. The van der Waals surface area contributed by atoms with Crippen molar-refractivity contribution in [1.29, 1.82) is 0 Å². The van der Waals surface area contributed by atoms with E-state index in [9.17, 15) is 24.1 Å². The normalized spacial score (nSPS) is 23.6. The summed E-state index contributed by atoms with van der Waals surface area (Å²) in [5, 5.41) is 33.8. The third-order valence-corrected chi connectivity index (χ3v) is 5.27. The molecule has 31 heavy (non-hydrogen) atoms. The minimum Gasteiger partial charge on any atom is -0.493 e. The van der Waals surface area contributed by atoms with Gasteiger partial charge in [-0.15, -0.1) is 0 Å². The number of hydrogen-bond acceptors (Lipinski definition) is 8. The van der Waals surface area contributed by atoms with E-state index in [1.54, 1.807) is 18.2 Å². The average molecular weight is 437 g/mol. The molecule has 0 amide bonds. The number of hydrogen-bond donors (Lipinski definition) is 3. The Kier molecular flexibility index (Phi) is 5.75. The fraction of sp³-hybridized carbons (Fsp3) is 0.400. The van der Waals surface area contributed by atoms with Crippen molar-refractivity contribution in [2.24, 2.45) is 0 Å². The van der Waals surface area contributed by atoms with Crippen LogP contribution < -0.4 is 9.47 Å². The molecule has 1 aromatic carbocycles. The molecule has 2 aromatic heterocycles. The van der Waals surface area contributed by atoms with E-state index in [1.165, 1.54) is 26.5 Å². The molecule has 0 saturated carbocycles. The van der Waals surface area contributed by atoms with Crippen LogP contribution in [-0.4, -0.2) is 69.2 Å². The van der Waals surface area contributed by atoms with Gasteiger partial charge >= 0.3 is 0 Å². The summed E-state index contributed by atoms with van der Waals surface area (Å²) in [7, 11) is 2.94. The number of pyridine rings is 1. The lowest BCUT2D eigenvalue weighted by molar-refractivity contribution is -0.0566. The highest BCUT2D eigenvalue weighted by Crippen LogP contribution is 2.37. The lowest BCUT2D eigenvalue weighted by Crippen LogP contribution is -2.33. The van der Waals surface area contributed by atoms with Crippen molar-refractivity contribution in [2.75, 3.05) is 20.8 Å². The van der Waals surface area contributed by atoms with Crippen LogP contribution in [0.3, 0.4) is 0 Å². The van der Waals surface area contributed by atoms with E-state index in [1.807, 2.05) is 0 Å². The van der Waals surface area contributed by atoms with Crippen LogP contribution in [0.2, 0.25) is 0 Å². The van der Waals surface area contributed by atoms with Gasteiger partial charge in [0.1, 0.15) is 18.3 Å². The Morgan fingerprint density at radius 1 is 1.13 bits per heavy atom. The van der Waals surface area contributed by atoms with Gasteiger partial charge in [-0.25, -0.2) is 18.4 Å². The van der Waals surface area contributed by atoms with Gasteiger partial charge in [0.15, 0.2) is 23.4 Å². The molecule has 3 N–H and O–H groups in total. The number of aliphatic hydroxyl groups excluding tert-OH is 3. The first-order valence-corrected chi connectivity index (χ1v) is 9.40. The molecular weight excluding hydrogens is 416 g/mol. The summed E-state index contributed by atoms with van der Waals surface area (Å²) < 4.78 is 44.8. The van der Waals surface area contributed by atoms with Crippen molar-refractivity contribution < 1.29 is 38.3 Å². The zero-order valence-electron chi connectivity index (χ0n) is 16.6. The van der Waals surface area contributed by atoms with Crippen molar-refractivity contribution in [3.63, 3.8) is 0 Å². The van der Waals surface area contributed by atoms with E-state index in [-0.39, 0.29) is 22.3 Å². The van der Waals surface area contributed by atoms with Crippen molar-refractivity contribution in [3.8, 4) is 22.8 Å². The van der Waals surface area contributed by atoms with Crippen LogP contribution in [0.1, 0.15) is 18.2 Å². The number of ether oxygens (including phenoxy) is 3. The Morgan fingerprint density at radius 3 is 2.48 bits per heavy atom. The quantitative estimate of drug-likeness (QED) is 0.533. The van der Waals surface area contributed by atoms with Crippen LogP contribution in [0.5, 0.6) is 11.5 Å². The molecule has 0 unspecified atom stereocenters. The smallest absolute Gasteiger partial charge is 0.264 e. The van der Waals surface area contributed by atoms with Gasteiger partial charge in [0, 0.05) is 16.5 Å². The highest BCUT2D eigenvalue weighted by atomic mass is 19.3. The van der Waals surface area contributed by atoms with Gasteiger partial charge in [0.2, 0.25) is 0 Å². The predicted octanol–water partition coefficient (Wildman–Crippen LogP) is 1.66. The van der Waals surface area contributed by atoms with Crippen LogP contribution in [0.15, 0.2) is 30.5 Å². The van der Waals surface area contributed by atoms with Gasteiger partial charge in [-0.3, -0.25) is 0 Å². The zero-order valence-corrected chi connectivity index (χ0v) is 16.6. The second-order valence-electron chi connectivity index (χ2n) is 7.02. The van der Waals surface area contributed by atoms with E-state index in [2.05, 4.69) is 10.1 Å². The van der Waals surface area contributed by atoms with Crippen LogP contribution in [0.4, 0.5) is 8.78 Å². The Balaban J connectivity index is 1.87. The van der Waals surface area contributed by atoms with Gasteiger partial charge in [0.05, 0.1) is 32.7 Å². The van der Waals surface area contributed by atoms with E-state index in [4.69, 9.17) is 14.2 Å². The topological polar surface area (TPSA) is 119 Å². The molecule has 4 rings (SSSR count). The fourth-order valence-electron chi connectivity index (χ4n) is 3.63. The second kappa shape index (κ2) is 8.35. The first-order chi connectivity index (χ1) is 14.9. The molecule has 4 atom stereocenters. The molecule has 1 aliphatic rings. The molecule has 0 aliphatic carbocycles. The minimum absolute atomic E-state index is 0.0393. The zero-order chi connectivity index (χ0) is 22.3. The molecule has 1 fully saturated rings. The molecule has 0 spiro atoms. The van der Waals surface area contributed by atoms with Gasteiger partial charge in [-0.05, 0) is 24.3 Å². The number of nitrogens with zero attached hydrogens (tertiary/aromatic N) is 3. The third kappa shape index (κ3) is 3.59. The lowest BCUT2D eigenvalue weighted by atomic mass is 10.1. The van der Waals surface area contributed by atoms with Gasteiger partial charge in [-0.1, -0.05) is 0 Å². The predicted molar refractivity (Wildman–Crippen MR) is 104 cm³/mol. The number of aliphatic hydroxyl groups is 3. The lowest BCUT2D eigenvalue weighted by Gasteiger charge is -2.16. The SMILES string of the molecule is COc1ccc(-c2cc(C(F)F)c3cnn([C@@H]4O[C@H](CO)[C@@H](O)[C@H]4O)c3n2)cc1OC. The number of rotatable bonds is 6. The third-order valence-electron chi connectivity index (χ3n) is 5.27. The molecule has 1 aliphatic heterocycles. The average Bonchev–Trinajstić information content (AvgIpc) is 3.33. The Labute approximate surface area is 175 Å². The van der Waals surface area contributed by atoms with Crippen LogP contribution in [0, 0.1) is 0 Å². The molecule has 11 heteroatoms. The molecule has 166 valence electrons. The van der Waals surface area contributed by atoms with Gasteiger partial charge in [-0.2, -0.15) is 5.10 Å². The van der Waals surface area contributed by atoms with Crippen LogP contribution in [-0.2, 0) is 4.74 Å². The van der Waals surface area contributed by atoms with Crippen molar-refractivity contribution >= 4 is 11.0 Å². The summed E-state index contributed by atoms with van der Waals surface area (Å²) in [6.45, 7) is -0.527. The van der Waals surface area contributed by atoms with Crippen LogP contribution in [0.25, 0.3) is 22.3 Å². The maximum absolute atomic E-state index is 13.8. The van der Waals surface area contributed by atoms with Crippen molar-refractivity contribution in [2.45, 2.75) is 31.0 Å². The number of alkyl halides is 2. The van der Waals surface area contributed by atoms with E-state index in [0.29, 0.717) is 17.1 Å². The summed E-state index contributed by atoms with van der Waals surface area (Å²) >= 11 is 0. The molecule has 0 radical (unpaired) electrons. The molecule has 0 bridgehead atoms. The van der Waals surface area contributed by atoms with E-state index in [0.717, 1.165) is 4.68 Å². The maximum atomic E-state index is 13.8. The van der Waals surface area contributed by atoms with E-state index >= 15 is 0 Å². The summed E-state index contributed by atoms with van der Waals surface area (Å²) in [5.74, 6) is 0.871. The number of fused-ring (bicyclic) bond motifs is 1. The van der Waals surface area contributed by atoms with Crippen LogP contribution >= 0.6 is 0 Å². The second-order valence-corrected chi connectivity index (χ2v) is 7.02. The van der Waals surface area contributed by atoms with E-state index < -0.39 is 37.6 Å². The molecular formula is C20H21F2N3O6. The number of halogens is 2. The minimum atomic E-state index is -2.81. The largest absolute Gasteiger partial charge is 0.493 e. The summed E-state index contributed by atoms with van der Waals surface area (Å²) in [6.07, 6.45) is -6.64. The summed E-state index contributed by atoms with van der Waals surface area (Å²) in [6, 6.07) is 6.15. The number of aromatic nitrogens is 3. The molecule has 3 heterocycles. The molecule has 9 nitrogen and oxygen atoms in total. The maximum Gasteiger partial charge on any atom is 0.264 e. The van der Waals surface area contributed by atoms with Crippen molar-refractivity contribution in [3.05, 3.63) is 36.0 Å². The first kappa shape index (κ1) is 21.4. The highest BCUT2D eigenvalue weighted by Gasteiger charge is 2.44. The van der Waals surface area contributed by atoms with Crippen molar-refractivity contribution in [1.82, 2.24) is 14.8 Å². The summed E-state index contributed by atoms with van der Waals surface area (Å²) in [5.41, 5.74) is 0.456. The Hall–Kier alpha value is -2.86. The Morgan fingerprint density at radius 2 is 1.87 bits per heavy atom. The monoisotopic (exact) mass is 437 g/mol.